The highest BCUT2D eigenvalue weighted by Crippen LogP contribution is 2.15. The zero-order valence-electron chi connectivity index (χ0n) is 49.9. The van der Waals surface area contributed by atoms with Gasteiger partial charge in [-0.15, -0.1) is 0 Å². The Morgan fingerprint density at radius 1 is 0.260 bits per heavy atom. The van der Waals surface area contributed by atoms with Crippen LogP contribution in [0.4, 0.5) is 0 Å². The summed E-state index contributed by atoms with van der Waals surface area (Å²) in [4.78, 5) is 38.4. The van der Waals surface area contributed by atoms with Crippen molar-refractivity contribution in [2.75, 3.05) is 13.2 Å². The fraction of sp³-hybridized carbons (Fsp3) is 0.648. The third kappa shape index (κ3) is 62.3. The molecule has 0 radical (unpaired) electrons. The Bertz CT molecular complexity index is 1650. The van der Waals surface area contributed by atoms with Gasteiger partial charge in [-0.3, -0.25) is 14.4 Å². The number of allylic oxidation sites excluding steroid dienone is 22. The van der Waals surface area contributed by atoms with Crippen LogP contribution < -0.4 is 0 Å². The van der Waals surface area contributed by atoms with Crippen LogP contribution in [0.15, 0.2) is 134 Å². The number of carbonyl (C=O) groups excluding carboxylic acids is 3. The lowest BCUT2D eigenvalue weighted by Crippen LogP contribution is -2.30. The molecule has 0 spiro atoms. The number of hydrogen-bond acceptors (Lipinski definition) is 6. The van der Waals surface area contributed by atoms with Gasteiger partial charge in [0.25, 0.3) is 0 Å². The average Bonchev–Trinajstić information content (AvgIpc) is 3.43. The van der Waals surface area contributed by atoms with Crippen molar-refractivity contribution in [2.45, 2.75) is 284 Å². The predicted molar refractivity (Wildman–Crippen MR) is 334 cm³/mol. The van der Waals surface area contributed by atoms with Crippen LogP contribution in [0.5, 0.6) is 0 Å². The number of ether oxygens (including phenoxy) is 3. The second-order valence-corrected chi connectivity index (χ2v) is 20.5. The first kappa shape index (κ1) is 72.5. The Kier molecular flexibility index (Phi) is 60.4. The van der Waals surface area contributed by atoms with Crippen molar-refractivity contribution >= 4 is 17.9 Å². The molecule has 0 heterocycles. The Morgan fingerprint density at radius 2 is 0.468 bits per heavy atom. The molecule has 0 saturated heterocycles. The molecule has 0 aromatic heterocycles. The van der Waals surface area contributed by atoms with Gasteiger partial charge in [-0.1, -0.05) is 264 Å². The molecule has 77 heavy (non-hydrogen) atoms. The molecule has 0 saturated carbocycles. The molecule has 0 aromatic rings. The van der Waals surface area contributed by atoms with Gasteiger partial charge in [-0.2, -0.15) is 0 Å². The van der Waals surface area contributed by atoms with Gasteiger partial charge in [0.1, 0.15) is 13.2 Å². The molecular weight excluding hydrogens is 949 g/mol. The highest BCUT2D eigenvalue weighted by molar-refractivity contribution is 5.71. The summed E-state index contributed by atoms with van der Waals surface area (Å²) >= 11 is 0. The van der Waals surface area contributed by atoms with Crippen LogP contribution >= 0.6 is 0 Å². The lowest BCUT2D eigenvalue weighted by molar-refractivity contribution is -0.167. The molecule has 0 bridgehead atoms. The van der Waals surface area contributed by atoms with Gasteiger partial charge in [0.15, 0.2) is 6.10 Å². The Hall–Kier alpha value is -4.45. The van der Waals surface area contributed by atoms with Gasteiger partial charge in [0.05, 0.1) is 0 Å². The zero-order valence-corrected chi connectivity index (χ0v) is 49.9. The van der Waals surface area contributed by atoms with Crippen LogP contribution in [0.3, 0.4) is 0 Å². The summed E-state index contributed by atoms with van der Waals surface area (Å²) in [6.07, 6.45) is 90.1. The van der Waals surface area contributed by atoms with E-state index in [0.717, 1.165) is 148 Å². The second kappa shape index (κ2) is 64.1. The maximum atomic E-state index is 12.9. The average molecular weight is 1070 g/mol. The molecule has 0 aliphatic carbocycles. The third-order valence-electron chi connectivity index (χ3n) is 13.1. The van der Waals surface area contributed by atoms with E-state index in [0.29, 0.717) is 19.3 Å². The Morgan fingerprint density at radius 3 is 0.727 bits per heavy atom. The van der Waals surface area contributed by atoms with Gasteiger partial charge in [-0.05, 0) is 128 Å². The van der Waals surface area contributed by atoms with Crippen LogP contribution in [0, 0.1) is 0 Å². The largest absolute Gasteiger partial charge is 0.462 e. The molecule has 0 amide bonds. The Labute approximate surface area is 475 Å². The smallest absolute Gasteiger partial charge is 0.306 e. The van der Waals surface area contributed by atoms with Gasteiger partial charge in [0.2, 0.25) is 0 Å². The van der Waals surface area contributed by atoms with Crippen molar-refractivity contribution < 1.29 is 28.6 Å². The molecule has 6 nitrogen and oxygen atoms in total. The van der Waals surface area contributed by atoms with Crippen molar-refractivity contribution in [3.05, 3.63) is 134 Å². The standard InChI is InChI=1S/C71H116O6/c1-4-7-10-13-16-19-22-25-28-31-33-35-37-40-43-46-49-52-55-58-61-64-70(73)76-67-68(66-75-69(72)63-60-57-54-51-48-45-42-39-30-27-24-21-18-15-12-9-6-3)77-71(74)65-62-59-56-53-50-47-44-41-38-36-34-32-29-26-23-20-17-14-11-8-5-2/h7-12,16-21,25-30,33-36,68H,4-6,13-15,22-24,31-32,37-67H2,1-3H3/b10-7-,11-8-,12-9-,19-16-,20-17-,21-18-,28-25-,29-26-,30-27-,35-33-,36-34-. The fourth-order valence-corrected chi connectivity index (χ4v) is 8.50. The van der Waals surface area contributed by atoms with Crippen molar-refractivity contribution in [1.29, 1.82) is 0 Å². The minimum atomic E-state index is -0.797. The van der Waals surface area contributed by atoms with E-state index in [4.69, 9.17) is 14.2 Å². The molecule has 0 aliphatic heterocycles. The first-order chi connectivity index (χ1) is 38.0. The quantitative estimate of drug-likeness (QED) is 0.0261. The maximum absolute atomic E-state index is 12.9. The van der Waals surface area contributed by atoms with Crippen LogP contribution in [0.2, 0.25) is 0 Å². The van der Waals surface area contributed by atoms with Crippen molar-refractivity contribution in [3.63, 3.8) is 0 Å². The van der Waals surface area contributed by atoms with Gasteiger partial charge < -0.3 is 14.2 Å². The van der Waals surface area contributed by atoms with E-state index in [9.17, 15) is 14.4 Å². The molecule has 0 aromatic carbocycles. The monoisotopic (exact) mass is 1060 g/mol. The summed E-state index contributed by atoms with van der Waals surface area (Å²) < 4.78 is 16.9. The first-order valence-electron chi connectivity index (χ1n) is 31.7. The van der Waals surface area contributed by atoms with Crippen molar-refractivity contribution in [3.8, 4) is 0 Å². The number of unbranched alkanes of at least 4 members (excludes halogenated alkanes) is 23. The molecule has 0 rings (SSSR count). The first-order valence-corrected chi connectivity index (χ1v) is 31.7. The van der Waals surface area contributed by atoms with Crippen LogP contribution in [0.25, 0.3) is 0 Å². The van der Waals surface area contributed by atoms with Crippen LogP contribution in [0.1, 0.15) is 278 Å². The molecule has 1 atom stereocenters. The topological polar surface area (TPSA) is 78.9 Å². The van der Waals surface area contributed by atoms with E-state index in [1.807, 2.05) is 0 Å². The lowest BCUT2D eigenvalue weighted by Gasteiger charge is -2.18. The normalized spacial score (nSPS) is 13.0. The minimum absolute atomic E-state index is 0.0924. The summed E-state index contributed by atoms with van der Waals surface area (Å²) in [6.45, 7) is 6.30. The third-order valence-corrected chi connectivity index (χ3v) is 13.1. The minimum Gasteiger partial charge on any atom is -0.462 e. The zero-order chi connectivity index (χ0) is 55.7. The molecule has 0 N–H and O–H groups in total. The van der Waals surface area contributed by atoms with Gasteiger partial charge in [0, 0.05) is 19.3 Å². The molecule has 0 fully saturated rings. The van der Waals surface area contributed by atoms with E-state index < -0.39 is 6.10 Å². The molecule has 1 unspecified atom stereocenters. The predicted octanol–water partition coefficient (Wildman–Crippen LogP) is 21.8. The van der Waals surface area contributed by atoms with E-state index in [1.165, 1.54) is 89.9 Å². The second-order valence-electron chi connectivity index (χ2n) is 20.5. The SMILES string of the molecule is CC/C=C\C/C=C\C/C=C\C/C=C\CCCCCCCCCCC(=O)OCC(COC(=O)CCCCCCCCC/C=C\C/C=C\C/C=C\CC)OC(=O)CCCCCCCCCC/C=C\C/C=C\C/C=C\C/C=C\CC. The van der Waals surface area contributed by atoms with E-state index in [2.05, 4.69) is 154 Å². The number of carbonyl (C=O) groups is 3. The maximum Gasteiger partial charge on any atom is 0.306 e. The van der Waals surface area contributed by atoms with Crippen molar-refractivity contribution in [1.82, 2.24) is 0 Å². The Balaban J connectivity index is 4.44. The number of esters is 3. The van der Waals surface area contributed by atoms with Gasteiger partial charge in [-0.25, -0.2) is 0 Å². The van der Waals surface area contributed by atoms with E-state index >= 15 is 0 Å². The molecule has 0 aliphatic rings. The van der Waals surface area contributed by atoms with E-state index in [-0.39, 0.29) is 31.1 Å². The summed E-state index contributed by atoms with van der Waals surface area (Å²) in [5, 5.41) is 0. The summed E-state index contributed by atoms with van der Waals surface area (Å²) in [5.41, 5.74) is 0. The summed E-state index contributed by atoms with van der Waals surface area (Å²) in [6, 6.07) is 0. The molecule has 436 valence electrons. The number of hydrogen-bond donors (Lipinski definition) is 0. The summed E-state index contributed by atoms with van der Waals surface area (Å²) in [7, 11) is 0. The number of rotatable bonds is 56. The molecule has 6 heteroatoms. The van der Waals surface area contributed by atoms with E-state index in [1.54, 1.807) is 0 Å². The summed E-state index contributed by atoms with van der Waals surface area (Å²) in [5.74, 6) is -0.915. The molecular formula is C71H116O6. The van der Waals surface area contributed by atoms with Crippen LogP contribution in [-0.4, -0.2) is 37.2 Å². The van der Waals surface area contributed by atoms with Gasteiger partial charge >= 0.3 is 17.9 Å². The van der Waals surface area contributed by atoms with Crippen molar-refractivity contribution in [2.24, 2.45) is 0 Å². The highest BCUT2D eigenvalue weighted by atomic mass is 16.6. The lowest BCUT2D eigenvalue weighted by atomic mass is 10.1. The van der Waals surface area contributed by atoms with Crippen LogP contribution in [-0.2, 0) is 28.6 Å². The fourth-order valence-electron chi connectivity index (χ4n) is 8.50. The highest BCUT2D eigenvalue weighted by Gasteiger charge is 2.19.